The molecule has 0 spiro atoms. The lowest BCUT2D eigenvalue weighted by molar-refractivity contribution is -0.147. The summed E-state index contributed by atoms with van der Waals surface area (Å²) in [5, 5.41) is 2.74. The minimum Gasteiger partial charge on any atom is -0.350 e. The van der Waals surface area contributed by atoms with Crippen LogP contribution in [0.15, 0.2) is 18.2 Å². The van der Waals surface area contributed by atoms with Gasteiger partial charge in [0.05, 0.1) is 11.0 Å². The number of hydrogen-bond acceptors (Lipinski definition) is 3. The van der Waals surface area contributed by atoms with Crippen molar-refractivity contribution in [3.05, 3.63) is 29.6 Å². The Kier molecular flexibility index (Phi) is 7.55. The molecule has 1 aromatic carbocycles. The van der Waals surface area contributed by atoms with Crippen LogP contribution in [0.25, 0.3) is 11.0 Å². The average Bonchev–Trinajstić information content (AvgIpc) is 3.30. The molecule has 1 unspecified atom stereocenters. The number of alkyl halides is 3. The first-order valence-corrected chi connectivity index (χ1v) is 8.31. The average molecular weight is 427 g/mol. The van der Waals surface area contributed by atoms with Gasteiger partial charge in [0, 0.05) is 24.2 Å². The van der Waals surface area contributed by atoms with Gasteiger partial charge in [0.15, 0.2) is 0 Å². The normalized spacial score (nSPS) is 15.2. The van der Waals surface area contributed by atoms with Crippen LogP contribution >= 0.6 is 24.8 Å². The van der Waals surface area contributed by atoms with Crippen molar-refractivity contribution in [1.82, 2.24) is 14.9 Å². The summed E-state index contributed by atoms with van der Waals surface area (Å²) in [5.74, 6) is -0.852. The SMILES string of the molecule is CC(C)n1c(C(F)(F)F)nc2cc(C(=O)NCC(N)C3CC3)ccc21.Cl.Cl. The van der Waals surface area contributed by atoms with Crippen LogP contribution < -0.4 is 11.1 Å². The van der Waals surface area contributed by atoms with Crippen molar-refractivity contribution < 1.29 is 18.0 Å². The van der Waals surface area contributed by atoms with Crippen molar-refractivity contribution in [2.45, 2.75) is 44.9 Å². The van der Waals surface area contributed by atoms with Crippen molar-refractivity contribution >= 4 is 41.8 Å². The first-order chi connectivity index (χ1) is 11.7. The fourth-order valence-electron chi connectivity index (χ4n) is 2.97. The van der Waals surface area contributed by atoms with Crippen molar-refractivity contribution in [1.29, 1.82) is 0 Å². The van der Waals surface area contributed by atoms with Crippen LogP contribution in [-0.2, 0) is 6.18 Å². The van der Waals surface area contributed by atoms with E-state index in [0.29, 0.717) is 18.0 Å². The standard InChI is InChI=1S/C17H21F3N4O.2ClH/c1-9(2)24-14-6-5-11(7-13(14)23-16(24)17(18,19)20)15(25)22-8-12(21)10-3-4-10;;/h5-7,9-10,12H,3-4,8,21H2,1-2H3,(H,22,25);2*1H. The molecule has 1 aromatic heterocycles. The molecule has 1 aliphatic carbocycles. The zero-order chi connectivity index (χ0) is 18.4. The molecule has 3 rings (SSSR count). The Hall–Kier alpha value is -1.51. The Labute approximate surface area is 167 Å². The number of fused-ring (bicyclic) bond motifs is 1. The highest BCUT2D eigenvalue weighted by Crippen LogP contribution is 2.34. The number of rotatable bonds is 5. The molecule has 10 heteroatoms. The first kappa shape index (κ1) is 23.5. The van der Waals surface area contributed by atoms with Gasteiger partial charge in [0.2, 0.25) is 5.82 Å². The van der Waals surface area contributed by atoms with Crippen LogP contribution in [0.2, 0.25) is 0 Å². The van der Waals surface area contributed by atoms with Crippen LogP contribution in [-0.4, -0.2) is 28.0 Å². The molecule has 1 atom stereocenters. The van der Waals surface area contributed by atoms with Gasteiger partial charge in [-0.15, -0.1) is 24.8 Å². The van der Waals surface area contributed by atoms with Gasteiger partial charge in [-0.2, -0.15) is 13.2 Å². The van der Waals surface area contributed by atoms with E-state index in [0.717, 1.165) is 17.4 Å². The molecular formula is C17H23Cl2F3N4O. The molecule has 1 aliphatic rings. The van der Waals surface area contributed by atoms with Gasteiger partial charge in [0.1, 0.15) is 0 Å². The number of nitrogens with one attached hydrogen (secondary N) is 1. The van der Waals surface area contributed by atoms with E-state index in [1.165, 1.54) is 18.2 Å². The molecule has 0 bridgehead atoms. The number of halogens is 5. The number of carbonyl (C=O) groups excluding carboxylic acids is 1. The molecule has 152 valence electrons. The molecular weight excluding hydrogens is 404 g/mol. The van der Waals surface area contributed by atoms with Gasteiger partial charge < -0.3 is 15.6 Å². The molecule has 5 nitrogen and oxygen atoms in total. The second-order valence-electron chi connectivity index (χ2n) is 6.81. The Balaban J connectivity index is 0.00000182. The third-order valence-corrected chi connectivity index (χ3v) is 4.45. The lowest BCUT2D eigenvalue weighted by atomic mass is 10.1. The number of nitrogens with zero attached hydrogens (tertiary/aromatic N) is 2. The van der Waals surface area contributed by atoms with Crippen LogP contribution in [0.1, 0.15) is 48.9 Å². The zero-order valence-corrected chi connectivity index (χ0v) is 16.5. The van der Waals surface area contributed by atoms with Gasteiger partial charge in [-0.05, 0) is 50.8 Å². The van der Waals surface area contributed by atoms with Crippen LogP contribution in [0.3, 0.4) is 0 Å². The smallest absolute Gasteiger partial charge is 0.350 e. The molecule has 0 saturated heterocycles. The Morgan fingerprint density at radius 2 is 1.96 bits per heavy atom. The predicted octanol–water partition coefficient (Wildman–Crippen LogP) is 3.95. The summed E-state index contributed by atoms with van der Waals surface area (Å²) in [6.45, 7) is 3.68. The third-order valence-electron chi connectivity index (χ3n) is 4.45. The van der Waals surface area contributed by atoms with Gasteiger partial charge in [-0.25, -0.2) is 4.98 Å². The molecule has 1 fully saturated rings. The molecule has 1 amide bonds. The summed E-state index contributed by atoms with van der Waals surface area (Å²) < 4.78 is 40.8. The van der Waals surface area contributed by atoms with Crippen molar-refractivity contribution in [2.24, 2.45) is 11.7 Å². The van der Waals surface area contributed by atoms with Crippen LogP contribution in [0.4, 0.5) is 13.2 Å². The minimum atomic E-state index is -4.55. The summed E-state index contributed by atoms with van der Waals surface area (Å²) in [5.41, 5.74) is 6.73. The highest BCUT2D eigenvalue weighted by atomic mass is 35.5. The quantitative estimate of drug-likeness (QED) is 0.759. The molecule has 3 N–H and O–H groups in total. The summed E-state index contributed by atoms with van der Waals surface area (Å²) >= 11 is 0. The summed E-state index contributed by atoms with van der Waals surface area (Å²) in [4.78, 5) is 15.9. The maximum absolute atomic E-state index is 13.2. The molecule has 2 aromatic rings. The summed E-state index contributed by atoms with van der Waals surface area (Å²) in [7, 11) is 0. The zero-order valence-electron chi connectivity index (χ0n) is 14.9. The van der Waals surface area contributed by atoms with Crippen molar-refractivity contribution in [2.75, 3.05) is 6.54 Å². The maximum atomic E-state index is 13.2. The summed E-state index contributed by atoms with van der Waals surface area (Å²) in [6, 6.07) is 3.93. The lowest BCUT2D eigenvalue weighted by Gasteiger charge is -2.14. The van der Waals surface area contributed by atoms with Crippen molar-refractivity contribution in [3.8, 4) is 0 Å². The van der Waals surface area contributed by atoms with Gasteiger partial charge in [0.25, 0.3) is 5.91 Å². The van der Waals surface area contributed by atoms with Crippen LogP contribution in [0.5, 0.6) is 0 Å². The van der Waals surface area contributed by atoms with Crippen LogP contribution in [0, 0.1) is 5.92 Å². The number of aromatic nitrogens is 2. The van der Waals surface area contributed by atoms with E-state index in [2.05, 4.69) is 10.3 Å². The van der Waals surface area contributed by atoms with E-state index in [9.17, 15) is 18.0 Å². The van der Waals surface area contributed by atoms with E-state index in [1.807, 2.05) is 0 Å². The predicted molar refractivity (Wildman–Crippen MR) is 103 cm³/mol. The van der Waals surface area contributed by atoms with E-state index in [1.54, 1.807) is 13.8 Å². The third kappa shape index (κ3) is 5.06. The topological polar surface area (TPSA) is 72.9 Å². The van der Waals surface area contributed by atoms with E-state index in [4.69, 9.17) is 5.73 Å². The second-order valence-corrected chi connectivity index (χ2v) is 6.81. The van der Waals surface area contributed by atoms with Crippen molar-refractivity contribution in [3.63, 3.8) is 0 Å². The number of hydrogen-bond donors (Lipinski definition) is 2. The Bertz CT molecular complexity index is 803. The second kappa shape index (κ2) is 8.67. The Morgan fingerprint density at radius 3 is 2.48 bits per heavy atom. The monoisotopic (exact) mass is 426 g/mol. The number of nitrogens with two attached hydrogens (primary N) is 1. The van der Waals surface area contributed by atoms with Gasteiger partial charge in [-0.1, -0.05) is 0 Å². The van der Waals surface area contributed by atoms with E-state index >= 15 is 0 Å². The number of benzene rings is 1. The maximum Gasteiger partial charge on any atom is 0.449 e. The lowest BCUT2D eigenvalue weighted by Crippen LogP contribution is -2.38. The number of amides is 1. The summed E-state index contributed by atoms with van der Waals surface area (Å²) in [6.07, 6.45) is -2.39. The number of carbonyl (C=O) groups is 1. The molecule has 0 aliphatic heterocycles. The number of imidazole rings is 1. The fourth-order valence-corrected chi connectivity index (χ4v) is 2.97. The van der Waals surface area contributed by atoms with Gasteiger partial charge in [-0.3, -0.25) is 4.79 Å². The largest absolute Gasteiger partial charge is 0.449 e. The van der Waals surface area contributed by atoms with Gasteiger partial charge >= 0.3 is 6.18 Å². The first-order valence-electron chi connectivity index (χ1n) is 8.31. The molecule has 0 radical (unpaired) electrons. The minimum absolute atomic E-state index is 0. The highest BCUT2D eigenvalue weighted by molar-refractivity contribution is 5.97. The molecule has 1 saturated carbocycles. The molecule has 27 heavy (non-hydrogen) atoms. The molecule has 1 heterocycles. The highest BCUT2D eigenvalue weighted by Gasteiger charge is 2.38. The van der Waals surface area contributed by atoms with E-state index in [-0.39, 0.29) is 47.8 Å². The van der Waals surface area contributed by atoms with E-state index < -0.39 is 18.0 Å². The fraction of sp³-hybridized carbons (Fsp3) is 0.529. The Morgan fingerprint density at radius 1 is 1.33 bits per heavy atom.